The van der Waals surface area contributed by atoms with Gasteiger partial charge in [-0.05, 0) is 42.3 Å². The van der Waals surface area contributed by atoms with Crippen molar-refractivity contribution in [1.29, 1.82) is 0 Å². The summed E-state index contributed by atoms with van der Waals surface area (Å²) in [6.07, 6.45) is 0.886. The van der Waals surface area contributed by atoms with Gasteiger partial charge in [-0.25, -0.2) is 13.1 Å². The van der Waals surface area contributed by atoms with Crippen molar-refractivity contribution in [1.82, 2.24) is 15.1 Å². The second kappa shape index (κ2) is 8.07. The number of carbonyl (C=O) groups excluding carboxylic acids is 1. The molecule has 1 fully saturated rings. The van der Waals surface area contributed by atoms with Gasteiger partial charge in [-0.2, -0.15) is 5.10 Å². The van der Waals surface area contributed by atoms with Crippen molar-refractivity contribution in [3.8, 4) is 28.4 Å². The van der Waals surface area contributed by atoms with Crippen LogP contribution in [0.4, 0.5) is 0 Å². The van der Waals surface area contributed by atoms with Crippen molar-refractivity contribution in [2.24, 2.45) is 0 Å². The number of amides is 1. The van der Waals surface area contributed by atoms with Crippen LogP contribution in [0.3, 0.4) is 0 Å². The molecule has 1 saturated heterocycles. The minimum absolute atomic E-state index is 0.0510. The first-order valence-electron chi connectivity index (χ1n) is 10.4. The van der Waals surface area contributed by atoms with Crippen LogP contribution >= 0.6 is 11.6 Å². The smallest absolute Gasteiger partial charge is 0.272 e. The largest absolute Gasteiger partial charge is 0.493 e. The quantitative estimate of drug-likeness (QED) is 0.464. The van der Waals surface area contributed by atoms with Crippen LogP contribution < -0.4 is 14.8 Å². The average Bonchev–Trinajstić information content (AvgIpc) is 3.43. The predicted octanol–water partition coefficient (Wildman–Crippen LogP) is 3.03. The summed E-state index contributed by atoms with van der Waals surface area (Å²) in [7, 11) is 0.0311. The van der Waals surface area contributed by atoms with Crippen molar-refractivity contribution in [2.45, 2.75) is 18.9 Å². The Morgan fingerprint density at radius 3 is 2.61 bits per heavy atom. The van der Waals surface area contributed by atoms with E-state index < -0.39 is 15.9 Å². The molecule has 10 heteroatoms. The Morgan fingerprint density at radius 2 is 1.94 bits per heavy atom. The minimum atomic E-state index is -3.12. The van der Waals surface area contributed by atoms with Gasteiger partial charge in [0.1, 0.15) is 0 Å². The zero-order valence-electron chi connectivity index (χ0n) is 18.1. The number of nitrogens with zero attached hydrogens (tertiary/aromatic N) is 2. The van der Waals surface area contributed by atoms with Gasteiger partial charge in [-0.3, -0.25) is 4.79 Å². The highest BCUT2D eigenvalue weighted by Gasteiger charge is 2.35. The Morgan fingerprint density at radius 1 is 1.18 bits per heavy atom. The van der Waals surface area contributed by atoms with Crippen molar-refractivity contribution < 1.29 is 22.7 Å². The van der Waals surface area contributed by atoms with Crippen LogP contribution in [0.25, 0.3) is 16.9 Å². The maximum Gasteiger partial charge on any atom is 0.272 e. The first-order valence-corrected chi connectivity index (χ1v) is 12.6. The fourth-order valence-electron chi connectivity index (χ4n) is 4.51. The Labute approximate surface area is 196 Å². The number of benzene rings is 2. The predicted molar refractivity (Wildman–Crippen MR) is 124 cm³/mol. The van der Waals surface area contributed by atoms with Crippen molar-refractivity contribution in [2.75, 3.05) is 25.7 Å². The maximum absolute atomic E-state index is 13.2. The molecule has 5 rings (SSSR count). The summed E-state index contributed by atoms with van der Waals surface area (Å²) >= 11 is 6.23. The van der Waals surface area contributed by atoms with Crippen LogP contribution in [0, 0.1) is 0 Å². The lowest BCUT2D eigenvalue weighted by atomic mass is 10.1. The number of halogens is 1. The van der Waals surface area contributed by atoms with E-state index in [2.05, 4.69) is 10.4 Å². The van der Waals surface area contributed by atoms with E-state index in [-0.39, 0.29) is 23.1 Å². The number of methoxy groups -OCH3 is 2. The van der Waals surface area contributed by atoms with Gasteiger partial charge < -0.3 is 14.8 Å². The molecule has 1 aliphatic carbocycles. The van der Waals surface area contributed by atoms with E-state index in [0.29, 0.717) is 35.1 Å². The third-order valence-corrected chi connectivity index (χ3v) is 8.05. The Hall–Kier alpha value is -3.04. The van der Waals surface area contributed by atoms with Gasteiger partial charge in [-0.15, -0.1) is 0 Å². The minimum Gasteiger partial charge on any atom is -0.493 e. The van der Waals surface area contributed by atoms with Gasteiger partial charge in [0, 0.05) is 28.6 Å². The summed E-state index contributed by atoms with van der Waals surface area (Å²) in [5.74, 6) is 0.819. The second-order valence-electron chi connectivity index (χ2n) is 8.18. The van der Waals surface area contributed by atoms with Gasteiger partial charge in [0.2, 0.25) is 0 Å². The number of nitrogens with one attached hydrogen (secondary N) is 1. The number of hydrogen-bond donors (Lipinski definition) is 1. The summed E-state index contributed by atoms with van der Waals surface area (Å²) in [5, 5.41) is 8.05. The third-order valence-electron chi connectivity index (χ3n) is 6.05. The number of fused-ring (bicyclic) bond motifs is 3. The SMILES string of the molecule is COc1cc2c(cc1OC)-c1c(c(C(=O)N[C@@H]3CCS(=O)(=O)C3)nn1-c1cccc(Cl)c1)C2. The van der Waals surface area contributed by atoms with E-state index in [1.54, 1.807) is 31.0 Å². The van der Waals surface area contributed by atoms with E-state index in [1.165, 1.54) is 0 Å². The van der Waals surface area contributed by atoms with Gasteiger partial charge in [0.25, 0.3) is 5.91 Å². The summed E-state index contributed by atoms with van der Waals surface area (Å²) in [6.45, 7) is 0. The Kier molecular flexibility index (Phi) is 5.33. The summed E-state index contributed by atoms with van der Waals surface area (Å²) in [6, 6.07) is 10.6. The molecule has 0 radical (unpaired) electrons. The highest BCUT2D eigenvalue weighted by atomic mass is 35.5. The van der Waals surface area contributed by atoms with E-state index in [4.69, 9.17) is 21.1 Å². The average molecular weight is 488 g/mol. The standard InChI is InChI=1S/C23H22ClN3O5S/c1-31-19-9-13-8-18-21(23(28)25-15-6-7-33(29,30)12-15)26-27(16-5-3-4-14(24)10-16)22(18)17(13)11-20(19)32-2/h3-5,9-11,15H,6-8,12H2,1-2H3,(H,25,28)/t15-/m1/s1. The molecule has 2 aliphatic rings. The lowest BCUT2D eigenvalue weighted by molar-refractivity contribution is 0.0935. The zero-order valence-corrected chi connectivity index (χ0v) is 19.7. The summed E-state index contributed by atoms with van der Waals surface area (Å²) in [4.78, 5) is 13.2. The number of rotatable bonds is 5. The molecule has 1 N–H and O–H groups in total. The van der Waals surface area contributed by atoms with E-state index in [9.17, 15) is 13.2 Å². The number of carbonyl (C=O) groups is 1. The van der Waals surface area contributed by atoms with Gasteiger partial charge in [0.15, 0.2) is 27.0 Å². The third kappa shape index (κ3) is 3.85. The monoisotopic (exact) mass is 487 g/mol. The molecular formula is C23H22ClN3O5S. The highest BCUT2D eigenvalue weighted by molar-refractivity contribution is 7.91. The van der Waals surface area contributed by atoms with Gasteiger partial charge >= 0.3 is 0 Å². The molecule has 33 heavy (non-hydrogen) atoms. The van der Waals surface area contributed by atoms with Crippen LogP contribution in [-0.2, 0) is 16.3 Å². The Bertz CT molecular complexity index is 1380. The molecule has 3 aromatic rings. The first-order chi connectivity index (χ1) is 15.8. The lowest BCUT2D eigenvalue weighted by Gasteiger charge is -2.12. The maximum atomic E-state index is 13.2. The molecule has 1 amide bonds. The number of aromatic nitrogens is 2. The second-order valence-corrected chi connectivity index (χ2v) is 10.8. The summed E-state index contributed by atoms with van der Waals surface area (Å²) < 4.78 is 36.3. The topological polar surface area (TPSA) is 99.5 Å². The van der Waals surface area contributed by atoms with Crippen molar-refractivity contribution in [3.63, 3.8) is 0 Å². The zero-order chi connectivity index (χ0) is 23.3. The summed E-state index contributed by atoms with van der Waals surface area (Å²) in [5.41, 5.74) is 4.38. The van der Waals surface area contributed by atoms with E-state index in [1.807, 2.05) is 24.3 Å². The lowest BCUT2D eigenvalue weighted by Crippen LogP contribution is -2.36. The fraction of sp³-hybridized carbons (Fsp3) is 0.304. The van der Waals surface area contributed by atoms with Crippen LogP contribution in [0.2, 0.25) is 5.02 Å². The molecular weight excluding hydrogens is 466 g/mol. The Balaban J connectivity index is 1.62. The fourth-order valence-corrected chi connectivity index (χ4v) is 6.37. The number of sulfone groups is 1. The highest BCUT2D eigenvalue weighted by Crippen LogP contribution is 2.45. The number of ether oxygens (including phenoxy) is 2. The van der Waals surface area contributed by atoms with E-state index in [0.717, 1.165) is 22.4 Å². The molecule has 1 aliphatic heterocycles. The first kappa shape index (κ1) is 21.8. The molecule has 172 valence electrons. The normalized spacial score (nSPS) is 18.0. The van der Waals surface area contributed by atoms with Crippen molar-refractivity contribution >= 4 is 27.3 Å². The molecule has 0 unspecified atom stereocenters. The van der Waals surface area contributed by atoms with Crippen molar-refractivity contribution in [3.05, 3.63) is 58.2 Å². The molecule has 0 spiro atoms. The molecule has 8 nitrogen and oxygen atoms in total. The van der Waals surface area contributed by atoms with Gasteiger partial charge in [-0.1, -0.05) is 17.7 Å². The number of hydrogen-bond acceptors (Lipinski definition) is 6. The molecule has 0 saturated carbocycles. The van der Waals surface area contributed by atoms with Crippen LogP contribution in [0.5, 0.6) is 11.5 Å². The van der Waals surface area contributed by atoms with Crippen LogP contribution in [-0.4, -0.2) is 55.9 Å². The molecule has 0 bridgehead atoms. The van der Waals surface area contributed by atoms with E-state index >= 15 is 0 Å². The molecule has 1 aromatic heterocycles. The van der Waals surface area contributed by atoms with Crippen LogP contribution in [0.15, 0.2) is 36.4 Å². The molecule has 2 heterocycles. The van der Waals surface area contributed by atoms with Gasteiger partial charge in [0.05, 0.1) is 37.1 Å². The molecule has 2 aromatic carbocycles. The van der Waals surface area contributed by atoms with Crippen LogP contribution in [0.1, 0.15) is 28.0 Å². The molecule has 1 atom stereocenters.